The molecule has 9 heteroatoms. The molecule has 1 unspecified atom stereocenters. The van der Waals surface area contributed by atoms with E-state index in [9.17, 15) is 22.8 Å². The average molecular weight is 479 g/mol. The molecule has 2 aromatic rings. The summed E-state index contributed by atoms with van der Waals surface area (Å²) in [6, 6.07) is 10.3. The van der Waals surface area contributed by atoms with Crippen LogP contribution in [0.15, 0.2) is 53.6 Å². The Morgan fingerprint density at radius 1 is 1.15 bits per heavy atom. The highest BCUT2D eigenvalue weighted by Crippen LogP contribution is 2.48. The molecule has 0 spiro atoms. The molecule has 0 bridgehead atoms. The van der Waals surface area contributed by atoms with E-state index in [1.807, 2.05) is 20.8 Å². The number of hydrogen-bond donors (Lipinski definition) is 3. The molecule has 0 radical (unpaired) electrons. The molecule has 0 aliphatic carbocycles. The number of aryl methyl sites for hydroxylation is 2. The first-order chi connectivity index (χ1) is 15.4. The molecule has 0 aromatic heterocycles. The number of amides is 1. The van der Waals surface area contributed by atoms with Crippen LogP contribution in [0.1, 0.15) is 42.5 Å². The predicted molar refractivity (Wildman–Crippen MR) is 123 cm³/mol. The maximum atomic E-state index is 12.9. The van der Waals surface area contributed by atoms with Crippen molar-refractivity contribution in [3.8, 4) is 0 Å². The summed E-state index contributed by atoms with van der Waals surface area (Å²) < 4.78 is 38.8. The molecule has 0 saturated heterocycles. The first kappa shape index (κ1) is 24.7. The lowest BCUT2D eigenvalue weighted by molar-refractivity contribution is -0.138. The average Bonchev–Trinajstić information content (AvgIpc) is 3.20. The van der Waals surface area contributed by atoms with Crippen LogP contribution in [0.5, 0.6) is 0 Å². The van der Waals surface area contributed by atoms with Crippen LogP contribution in [-0.2, 0) is 27.1 Å². The molecular formula is C24H25F3N2O3S. The van der Waals surface area contributed by atoms with Crippen LogP contribution in [0, 0.1) is 12.8 Å². The lowest BCUT2D eigenvalue weighted by Crippen LogP contribution is -2.38. The Morgan fingerprint density at radius 2 is 1.82 bits per heavy atom. The van der Waals surface area contributed by atoms with Gasteiger partial charge in [0.2, 0.25) is 0 Å². The Kier molecular flexibility index (Phi) is 7.11. The summed E-state index contributed by atoms with van der Waals surface area (Å²) >= 11 is 1.27. The monoisotopic (exact) mass is 478 g/mol. The van der Waals surface area contributed by atoms with E-state index < -0.39 is 22.6 Å². The largest absolute Gasteiger partial charge is 0.481 e. The Balaban J connectivity index is 1.73. The van der Waals surface area contributed by atoms with Crippen LogP contribution in [-0.4, -0.2) is 17.0 Å². The summed E-state index contributed by atoms with van der Waals surface area (Å²) in [5.41, 5.74) is 2.28. The smallest absolute Gasteiger partial charge is 0.416 e. The van der Waals surface area contributed by atoms with Crippen molar-refractivity contribution in [2.24, 2.45) is 5.92 Å². The van der Waals surface area contributed by atoms with E-state index in [2.05, 4.69) is 10.6 Å². The molecule has 2 aromatic carbocycles. The molecule has 1 heterocycles. The van der Waals surface area contributed by atoms with Crippen molar-refractivity contribution in [2.75, 3.05) is 5.32 Å². The minimum absolute atomic E-state index is 0.0307. The van der Waals surface area contributed by atoms with Gasteiger partial charge < -0.3 is 15.7 Å². The maximum Gasteiger partial charge on any atom is 0.416 e. The highest BCUT2D eigenvalue weighted by atomic mass is 32.2. The zero-order valence-electron chi connectivity index (χ0n) is 18.4. The lowest BCUT2D eigenvalue weighted by Gasteiger charge is -2.34. The second-order valence-electron chi connectivity index (χ2n) is 8.21. The fourth-order valence-corrected chi connectivity index (χ4v) is 4.89. The second-order valence-corrected chi connectivity index (χ2v) is 9.50. The third-order valence-electron chi connectivity index (χ3n) is 5.58. The molecule has 1 aliphatic rings. The van der Waals surface area contributed by atoms with Gasteiger partial charge in [0.1, 0.15) is 4.87 Å². The topological polar surface area (TPSA) is 78.4 Å². The number of thioether (sulfide) groups is 1. The highest BCUT2D eigenvalue weighted by Gasteiger charge is 2.42. The summed E-state index contributed by atoms with van der Waals surface area (Å²) in [4.78, 5) is 23.3. The maximum absolute atomic E-state index is 12.9. The molecule has 5 nitrogen and oxygen atoms in total. The van der Waals surface area contributed by atoms with Gasteiger partial charge in [0.25, 0.3) is 5.91 Å². The van der Waals surface area contributed by atoms with Gasteiger partial charge in [-0.25, -0.2) is 0 Å². The van der Waals surface area contributed by atoms with Gasteiger partial charge in [-0.15, -0.1) is 0 Å². The van der Waals surface area contributed by atoms with Gasteiger partial charge in [-0.1, -0.05) is 43.8 Å². The number of alkyl halides is 3. The van der Waals surface area contributed by atoms with E-state index in [1.54, 1.807) is 24.4 Å². The Labute approximate surface area is 194 Å². The number of aliphatic carboxylic acids is 1. The van der Waals surface area contributed by atoms with E-state index in [-0.39, 0.29) is 18.2 Å². The summed E-state index contributed by atoms with van der Waals surface area (Å²) in [6.45, 7) is 5.73. The normalized spacial score (nSPS) is 18.1. The molecule has 176 valence electrons. The van der Waals surface area contributed by atoms with E-state index in [0.717, 1.165) is 23.3 Å². The standard InChI is InChI=1S/C24H25F3N2O3S/c1-14(2)23(17-6-8-18(9-7-17)24(25,26)27)28-13-20(33-23)22(32)29-19-10-4-16(15(3)12-19)5-11-21(30)31/h4,6-10,12-14,28H,5,11H2,1-3H3,(H,29,32)(H,30,31). The number of carboxylic acids is 1. The summed E-state index contributed by atoms with van der Waals surface area (Å²) in [5, 5.41) is 14.9. The Morgan fingerprint density at radius 3 is 2.36 bits per heavy atom. The molecule has 3 N–H and O–H groups in total. The van der Waals surface area contributed by atoms with Crippen LogP contribution in [0.2, 0.25) is 0 Å². The minimum Gasteiger partial charge on any atom is -0.481 e. The van der Waals surface area contributed by atoms with E-state index >= 15 is 0 Å². The van der Waals surface area contributed by atoms with Crippen LogP contribution >= 0.6 is 11.8 Å². The third-order valence-corrected chi connectivity index (χ3v) is 7.25. The van der Waals surface area contributed by atoms with Crippen molar-refractivity contribution in [3.05, 3.63) is 75.8 Å². The summed E-state index contributed by atoms with van der Waals surface area (Å²) in [6.07, 6.45) is -2.39. The van der Waals surface area contributed by atoms with Crippen molar-refractivity contribution in [1.82, 2.24) is 5.32 Å². The number of rotatable bonds is 7. The van der Waals surface area contributed by atoms with Crippen molar-refractivity contribution in [1.29, 1.82) is 0 Å². The fraction of sp³-hybridized carbons (Fsp3) is 0.333. The molecule has 1 atom stereocenters. The lowest BCUT2D eigenvalue weighted by atomic mass is 9.94. The fourth-order valence-electron chi connectivity index (χ4n) is 3.67. The number of halogens is 3. The number of nitrogens with one attached hydrogen (secondary N) is 2. The quantitative estimate of drug-likeness (QED) is 0.479. The van der Waals surface area contributed by atoms with Gasteiger partial charge in [0.15, 0.2) is 0 Å². The molecule has 1 aliphatic heterocycles. The minimum atomic E-state index is -4.41. The SMILES string of the molecule is Cc1cc(NC(=O)C2=CNC(c3ccc(C(F)(F)F)cc3)(C(C)C)S2)ccc1CCC(=O)O. The number of hydrogen-bond acceptors (Lipinski definition) is 4. The second kappa shape index (κ2) is 9.51. The van der Waals surface area contributed by atoms with E-state index in [0.29, 0.717) is 22.6 Å². The van der Waals surface area contributed by atoms with Crippen molar-refractivity contribution < 1.29 is 27.9 Å². The number of carboxylic acid groups (broad SMARTS) is 1. The van der Waals surface area contributed by atoms with E-state index in [4.69, 9.17) is 5.11 Å². The van der Waals surface area contributed by atoms with Gasteiger partial charge in [-0.3, -0.25) is 9.59 Å². The van der Waals surface area contributed by atoms with Gasteiger partial charge in [0.05, 0.1) is 10.5 Å². The number of carbonyl (C=O) groups excluding carboxylic acids is 1. The van der Waals surface area contributed by atoms with Crippen LogP contribution in [0.4, 0.5) is 18.9 Å². The molecule has 0 fully saturated rings. The van der Waals surface area contributed by atoms with Crippen LogP contribution in [0.3, 0.4) is 0 Å². The molecule has 0 saturated carbocycles. The van der Waals surface area contributed by atoms with Gasteiger partial charge in [0, 0.05) is 18.3 Å². The zero-order valence-corrected chi connectivity index (χ0v) is 19.2. The first-order valence-electron chi connectivity index (χ1n) is 10.4. The number of benzene rings is 2. The zero-order chi connectivity index (χ0) is 24.4. The summed E-state index contributed by atoms with van der Waals surface area (Å²) in [7, 11) is 0. The van der Waals surface area contributed by atoms with Crippen molar-refractivity contribution >= 4 is 29.3 Å². The Hall–Kier alpha value is -2.94. The molecule has 1 amide bonds. The molecule has 33 heavy (non-hydrogen) atoms. The Bertz CT molecular complexity index is 1080. The third kappa shape index (κ3) is 5.52. The van der Waals surface area contributed by atoms with Gasteiger partial charge in [-0.05, 0) is 60.2 Å². The summed E-state index contributed by atoms with van der Waals surface area (Å²) in [5.74, 6) is -1.23. The first-order valence-corrected chi connectivity index (χ1v) is 11.2. The highest BCUT2D eigenvalue weighted by molar-refractivity contribution is 8.05. The van der Waals surface area contributed by atoms with Crippen LogP contribution < -0.4 is 10.6 Å². The van der Waals surface area contributed by atoms with Crippen molar-refractivity contribution in [2.45, 2.75) is 44.7 Å². The van der Waals surface area contributed by atoms with Gasteiger partial charge >= 0.3 is 12.1 Å². The number of anilines is 1. The number of carbonyl (C=O) groups is 2. The molecule has 3 rings (SSSR count). The van der Waals surface area contributed by atoms with Crippen molar-refractivity contribution in [3.63, 3.8) is 0 Å². The van der Waals surface area contributed by atoms with Gasteiger partial charge in [-0.2, -0.15) is 13.2 Å². The molecular weight excluding hydrogens is 453 g/mol. The van der Waals surface area contributed by atoms with E-state index in [1.165, 1.54) is 23.9 Å². The van der Waals surface area contributed by atoms with Crippen LogP contribution in [0.25, 0.3) is 0 Å². The predicted octanol–water partition coefficient (Wildman–Crippen LogP) is 5.66.